The van der Waals surface area contributed by atoms with Crippen LogP contribution in [0.3, 0.4) is 0 Å². The summed E-state index contributed by atoms with van der Waals surface area (Å²) in [5.74, 6) is -0.855. The maximum absolute atomic E-state index is 14.9. The Kier molecular flexibility index (Phi) is 8.91. The number of pyridine rings is 1. The first-order valence-corrected chi connectivity index (χ1v) is 12.8. The van der Waals surface area contributed by atoms with Crippen LogP contribution < -0.4 is 15.4 Å². The molecule has 5 rings (SSSR count). The second kappa shape index (κ2) is 12.5. The lowest BCUT2D eigenvalue weighted by atomic mass is 10.1. The van der Waals surface area contributed by atoms with Crippen molar-refractivity contribution in [1.29, 1.82) is 0 Å². The van der Waals surface area contributed by atoms with Crippen LogP contribution in [0.2, 0.25) is 5.02 Å². The molecule has 0 bridgehead atoms. The first-order chi connectivity index (χ1) is 18.4. The largest absolute Gasteiger partial charge is 0.455 e. The minimum absolute atomic E-state index is 0.0759. The minimum atomic E-state index is -0.634. The number of aryl methyl sites for hydroxylation is 1. The van der Waals surface area contributed by atoms with Gasteiger partial charge in [0.15, 0.2) is 0 Å². The van der Waals surface area contributed by atoms with Crippen molar-refractivity contribution in [2.24, 2.45) is 0 Å². The number of hydrogen-bond donors (Lipinski definition) is 2. The van der Waals surface area contributed by atoms with E-state index in [0.717, 1.165) is 19.0 Å². The average Bonchev–Trinajstić information content (AvgIpc) is 3.74. The third-order valence-corrected chi connectivity index (χ3v) is 5.88. The standard InChI is InChI=1S/C25H23ClFN5O3.C3H6/c1-3-8-32-14-17(13-30-32)31-24(33)11-16-10-19(26)23(12-20(16)27)35-22-6-7-29-21-5-4-15(9-18(21)22)25(34)28-2;1-2-3-1/h4-7,9-10,12-14H,3,8,11H2,1-2H3,(H,28,34)(H,31,33);1-3H2. The van der Waals surface area contributed by atoms with Crippen LogP contribution in [0.4, 0.5) is 10.1 Å². The second-order valence-electron chi connectivity index (χ2n) is 8.87. The van der Waals surface area contributed by atoms with Crippen molar-refractivity contribution in [3.05, 3.63) is 77.0 Å². The maximum Gasteiger partial charge on any atom is 0.251 e. The molecule has 1 aliphatic rings. The molecular formula is C28H29ClFN5O3. The Morgan fingerprint density at radius 1 is 1.13 bits per heavy atom. The highest BCUT2D eigenvalue weighted by molar-refractivity contribution is 6.32. The Morgan fingerprint density at radius 2 is 1.92 bits per heavy atom. The summed E-state index contributed by atoms with van der Waals surface area (Å²) in [6, 6.07) is 9.10. The van der Waals surface area contributed by atoms with Crippen LogP contribution >= 0.6 is 11.6 Å². The van der Waals surface area contributed by atoms with Gasteiger partial charge in [-0.05, 0) is 42.3 Å². The number of amides is 2. The number of fused-ring (bicyclic) bond motifs is 1. The van der Waals surface area contributed by atoms with Crippen LogP contribution in [0, 0.1) is 5.82 Å². The van der Waals surface area contributed by atoms with Crippen molar-refractivity contribution in [1.82, 2.24) is 20.1 Å². The minimum Gasteiger partial charge on any atom is -0.455 e. The van der Waals surface area contributed by atoms with Crippen molar-refractivity contribution >= 4 is 40.0 Å². The monoisotopic (exact) mass is 537 g/mol. The van der Waals surface area contributed by atoms with E-state index in [2.05, 4.69) is 20.7 Å². The summed E-state index contributed by atoms with van der Waals surface area (Å²) in [5, 5.41) is 10.1. The van der Waals surface area contributed by atoms with E-state index < -0.39 is 11.7 Å². The molecule has 0 spiro atoms. The summed E-state index contributed by atoms with van der Waals surface area (Å²) in [4.78, 5) is 28.7. The molecule has 2 aromatic heterocycles. The van der Waals surface area contributed by atoms with Crippen LogP contribution in [0.15, 0.2) is 55.0 Å². The van der Waals surface area contributed by atoms with Gasteiger partial charge in [0, 0.05) is 43.0 Å². The summed E-state index contributed by atoms with van der Waals surface area (Å²) in [6.07, 6.45) is 10.0. The number of carbonyl (C=O) groups is 2. The van der Waals surface area contributed by atoms with Gasteiger partial charge in [-0.25, -0.2) is 4.39 Å². The van der Waals surface area contributed by atoms with Gasteiger partial charge in [-0.1, -0.05) is 37.8 Å². The quantitative estimate of drug-likeness (QED) is 0.281. The van der Waals surface area contributed by atoms with E-state index in [1.54, 1.807) is 47.5 Å². The van der Waals surface area contributed by atoms with Gasteiger partial charge in [0.2, 0.25) is 5.91 Å². The molecule has 0 aliphatic heterocycles. The van der Waals surface area contributed by atoms with E-state index in [9.17, 15) is 14.0 Å². The number of aromatic nitrogens is 3. The molecule has 2 heterocycles. The number of benzene rings is 2. The average molecular weight is 538 g/mol. The molecule has 0 atom stereocenters. The van der Waals surface area contributed by atoms with E-state index in [1.165, 1.54) is 32.4 Å². The van der Waals surface area contributed by atoms with Crippen LogP contribution in [0.5, 0.6) is 11.5 Å². The second-order valence-corrected chi connectivity index (χ2v) is 9.28. The molecular weight excluding hydrogens is 509 g/mol. The summed E-state index contributed by atoms with van der Waals surface area (Å²) in [7, 11) is 1.54. The Balaban J connectivity index is 0.00000105. The summed E-state index contributed by atoms with van der Waals surface area (Å²) < 4.78 is 22.5. The van der Waals surface area contributed by atoms with Crippen molar-refractivity contribution in [3.8, 4) is 11.5 Å². The van der Waals surface area contributed by atoms with E-state index in [-0.39, 0.29) is 28.7 Å². The van der Waals surface area contributed by atoms with Gasteiger partial charge in [0.1, 0.15) is 17.3 Å². The summed E-state index contributed by atoms with van der Waals surface area (Å²) >= 11 is 6.37. The summed E-state index contributed by atoms with van der Waals surface area (Å²) in [5.41, 5.74) is 1.69. The lowest BCUT2D eigenvalue weighted by Crippen LogP contribution is -2.17. The predicted molar refractivity (Wildman–Crippen MR) is 145 cm³/mol. The van der Waals surface area contributed by atoms with Crippen LogP contribution in [-0.4, -0.2) is 33.6 Å². The number of nitrogens with zero attached hydrogens (tertiary/aromatic N) is 3. The molecule has 198 valence electrons. The highest BCUT2D eigenvalue weighted by Crippen LogP contribution is 2.35. The molecule has 0 radical (unpaired) electrons. The SMILES string of the molecule is C1CC1.CCCn1cc(NC(=O)Cc2cc(Cl)c(Oc3ccnc4ccc(C(=O)NC)cc34)cc2F)cn1. The number of anilines is 1. The number of ether oxygens (including phenoxy) is 1. The van der Waals surface area contributed by atoms with E-state index in [4.69, 9.17) is 16.3 Å². The lowest BCUT2D eigenvalue weighted by Gasteiger charge is -2.13. The first-order valence-electron chi connectivity index (χ1n) is 12.5. The molecule has 10 heteroatoms. The molecule has 8 nitrogen and oxygen atoms in total. The van der Waals surface area contributed by atoms with Crippen LogP contribution in [0.1, 0.15) is 48.5 Å². The maximum atomic E-state index is 14.9. The number of nitrogens with one attached hydrogen (secondary N) is 2. The fraction of sp³-hybridized carbons (Fsp3) is 0.286. The molecule has 2 aromatic carbocycles. The van der Waals surface area contributed by atoms with E-state index >= 15 is 0 Å². The smallest absolute Gasteiger partial charge is 0.251 e. The van der Waals surface area contributed by atoms with Gasteiger partial charge < -0.3 is 15.4 Å². The van der Waals surface area contributed by atoms with E-state index in [1.807, 2.05) is 6.92 Å². The highest BCUT2D eigenvalue weighted by atomic mass is 35.5. The fourth-order valence-corrected chi connectivity index (χ4v) is 3.78. The normalized spacial score (nSPS) is 11.9. The third-order valence-electron chi connectivity index (χ3n) is 5.59. The van der Waals surface area contributed by atoms with Crippen LogP contribution in [-0.2, 0) is 17.8 Å². The first kappa shape index (κ1) is 27.1. The number of carbonyl (C=O) groups excluding carboxylic acids is 2. The zero-order valence-corrected chi connectivity index (χ0v) is 22.0. The molecule has 0 unspecified atom stereocenters. The number of rotatable bonds is 8. The van der Waals surface area contributed by atoms with Crippen molar-refractivity contribution in [3.63, 3.8) is 0 Å². The highest BCUT2D eigenvalue weighted by Gasteiger charge is 2.16. The Hall–Kier alpha value is -3.98. The molecule has 1 aliphatic carbocycles. The van der Waals surface area contributed by atoms with Crippen molar-refractivity contribution in [2.45, 2.75) is 45.6 Å². The zero-order valence-electron chi connectivity index (χ0n) is 21.3. The van der Waals surface area contributed by atoms with Gasteiger partial charge in [-0.3, -0.25) is 19.3 Å². The predicted octanol–water partition coefficient (Wildman–Crippen LogP) is 6.14. The lowest BCUT2D eigenvalue weighted by molar-refractivity contribution is -0.115. The van der Waals surface area contributed by atoms with Gasteiger partial charge in [-0.15, -0.1) is 0 Å². The Bertz CT molecular complexity index is 1450. The molecule has 2 N–H and O–H groups in total. The molecule has 1 fully saturated rings. The van der Waals surface area contributed by atoms with E-state index in [0.29, 0.717) is 27.9 Å². The molecule has 38 heavy (non-hydrogen) atoms. The molecule has 1 saturated carbocycles. The summed E-state index contributed by atoms with van der Waals surface area (Å²) in [6.45, 7) is 2.76. The van der Waals surface area contributed by atoms with Crippen molar-refractivity contribution < 1.29 is 18.7 Å². The van der Waals surface area contributed by atoms with Crippen LogP contribution in [0.25, 0.3) is 10.9 Å². The van der Waals surface area contributed by atoms with Crippen molar-refractivity contribution in [2.75, 3.05) is 12.4 Å². The number of halogens is 2. The number of hydrogen-bond acceptors (Lipinski definition) is 5. The molecule has 4 aromatic rings. The third kappa shape index (κ3) is 7.07. The Morgan fingerprint density at radius 3 is 2.63 bits per heavy atom. The topological polar surface area (TPSA) is 98.1 Å². The molecule has 2 amide bonds. The molecule has 0 saturated heterocycles. The Labute approximate surface area is 225 Å². The fourth-order valence-electron chi connectivity index (χ4n) is 3.56. The van der Waals surface area contributed by atoms with Gasteiger partial charge in [0.05, 0.1) is 28.8 Å². The van der Waals surface area contributed by atoms with Gasteiger partial charge in [-0.2, -0.15) is 5.10 Å². The van der Waals surface area contributed by atoms with Gasteiger partial charge >= 0.3 is 0 Å². The zero-order chi connectivity index (χ0) is 27.1. The van der Waals surface area contributed by atoms with Gasteiger partial charge in [0.25, 0.3) is 5.91 Å².